The molecule has 5 rings (SSSR count). The Bertz CT molecular complexity index is 1200. The lowest BCUT2D eigenvalue weighted by Gasteiger charge is -2.44. The number of ether oxygens (including phenoxy) is 1. The van der Waals surface area contributed by atoms with Crippen LogP contribution < -0.4 is 5.73 Å². The van der Waals surface area contributed by atoms with Crippen LogP contribution in [0.25, 0.3) is 6.08 Å². The molecule has 2 atom stereocenters. The van der Waals surface area contributed by atoms with E-state index in [-0.39, 0.29) is 35.8 Å². The molecule has 0 aromatic heterocycles. The van der Waals surface area contributed by atoms with Crippen molar-refractivity contribution < 1.29 is 19.1 Å². The van der Waals surface area contributed by atoms with Crippen LogP contribution in [0.1, 0.15) is 65.6 Å². The van der Waals surface area contributed by atoms with Gasteiger partial charge in [-0.15, -0.1) is 0 Å². The third kappa shape index (κ3) is 5.55. The maximum Gasteiger partial charge on any atom is 0.289 e. The minimum absolute atomic E-state index is 0.00619. The SMILES string of the molecule is Cc1cccc(CN2C(=O)/C(=C\c3ccc(C(=O)N4CCC(C(N)=O)CC4)cc3)OC3CCCCC32)c1. The molecule has 2 aromatic rings. The van der Waals surface area contributed by atoms with Crippen LogP contribution in [0.5, 0.6) is 0 Å². The number of piperidine rings is 1. The summed E-state index contributed by atoms with van der Waals surface area (Å²) in [5.41, 5.74) is 9.12. The highest BCUT2D eigenvalue weighted by Gasteiger charge is 2.41. The summed E-state index contributed by atoms with van der Waals surface area (Å²) in [5.74, 6) is -0.215. The van der Waals surface area contributed by atoms with Gasteiger partial charge in [-0.25, -0.2) is 0 Å². The van der Waals surface area contributed by atoms with Gasteiger partial charge in [0.25, 0.3) is 11.8 Å². The number of primary amides is 1. The molecule has 2 N–H and O–H groups in total. The Morgan fingerprint density at radius 1 is 1.03 bits per heavy atom. The number of nitrogens with two attached hydrogens (primary N) is 1. The van der Waals surface area contributed by atoms with Gasteiger partial charge in [0.05, 0.1) is 6.04 Å². The third-order valence-electron chi connectivity index (χ3n) is 7.89. The second kappa shape index (κ2) is 10.8. The van der Waals surface area contributed by atoms with Crippen LogP contribution in [0.4, 0.5) is 0 Å². The normalized spacial score (nSPS) is 23.5. The molecule has 0 bridgehead atoms. The van der Waals surface area contributed by atoms with Crippen molar-refractivity contribution in [1.29, 1.82) is 0 Å². The number of likely N-dealkylation sites (tertiary alicyclic amines) is 1. The average molecular weight is 502 g/mol. The average Bonchev–Trinajstić information content (AvgIpc) is 2.91. The molecule has 2 unspecified atom stereocenters. The van der Waals surface area contributed by atoms with Crippen molar-refractivity contribution in [2.75, 3.05) is 13.1 Å². The Kier molecular flexibility index (Phi) is 7.31. The lowest BCUT2D eigenvalue weighted by atomic mass is 9.89. The van der Waals surface area contributed by atoms with E-state index >= 15 is 0 Å². The fraction of sp³-hybridized carbons (Fsp3) is 0.433. The minimum Gasteiger partial charge on any atom is -0.482 e. The van der Waals surface area contributed by atoms with Gasteiger partial charge in [0.15, 0.2) is 5.76 Å². The first-order chi connectivity index (χ1) is 17.9. The molecule has 7 heteroatoms. The van der Waals surface area contributed by atoms with E-state index in [0.29, 0.717) is 43.8 Å². The number of hydrogen-bond donors (Lipinski definition) is 1. The molecule has 2 heterocycles. The monoisotopic (exact) mass is 501 g/mol. The quantitative estimate of drug-likeness (QED) is 0.626. The zero-order valence-electron chi connectivity index (χ0n) is 21.4. The number of aryl methyl sites for hydroxylation is 1. The Labute approximate surface area is 218 Å². The minimum atomic E-state index is -0.291. The fourth-order valence-electron chi connectivity index (χ4n) is 5.79. The van der Waals surface area contributed by atoms with Crippen molar-refractivity contribution in [2.45, 2.75) is 64.1 Å². The van der Waals surface area contributed by atoms with Crippen molar-refractivity contribution in [1.82, 2.24) is 9.80 Å². The number of rotatable bonds is 5. The molecule has 1 aliphatic carbocycles. The number of hydrogen-bond acceptors (Lipinski definition) is 4. The standard InChI is InChI=1S/C30H35N3O4/c1-20-5-4-6-22(17-20)19-33-25-7-2-3-8-26(25)37-27(30(33)36)18-21-9-11-24(12-10-21)29(35)32-15-13-23(14-16-32)28(31)34/h4-6,9-12,17-18,23,25-26H,2-3,7-8,13-16,19H2,1H3,(H2,31,34)/b27-18+. The second-order valence-electron chi connectivity index (χ2n) is 10.5. The summed E-state index contributed by atoms with van der Waals surface area (Å²) in [5, 5.41) is 0. The maximum atomic E-state index is 13.6. The predicted molar refractivity (Wildman–Crippen MR) is 141 cm³/mol. The first-order valence-electron chi connectivity index (χ1n) is 13.3. The number of fused-ring (bicyclic) bond motifs is 1. The third-order valence-corrected chi connectivity index (χ3v) is 7.89. The van der Waals surface area contributed by atoms with E-state index in [0.717, 1.165) is 36.8 Å². The van der Waals surface area contributed by atoms with Gasteiger partial charge in [0, 0.05) is 31.1 Å². The van der Waals surface area contributed by atoms with Gasteiger partial charge >= 0.3 is 0 Å². The Balaban J connectivity index is 1.31. The molecular weight excluding hydrogens is 466 g/mol. The van der Waals surface area contributed by atoms with Crippen molar-refractivity contribution in [2.24, 2.45) is 11.7 Å². The number of amides is 3. The van der Waals surface area contributed by atoms with Crippen LogP contribution >= 0.6 is 0 Å². The summed E-state index contributed by atoms with van der Waals surface area (Å²) in [6.45, 7) is 3.69. The van der Waals surface area contributed by atoms with Gasteiger partial charge in [0.1, 0.15) is 6.10 Å². The molecule has 3 fully saturated rings. The maximum absolute atomic E-state index is 13.6. The fourth-order valence-corrected chi connectivity index (χ4v) is 5.79. The lowest BCUT2D eigenvalue weighted by molar-refractivity contribution is -0.149. The summed E-state index contributed by atoms with van der Waals surface area (Å²) in [4.78, 5) is 41.7. The van der Waals surface area contributed by atoms with Crippen LogP contribution in [0.3, 0.4) is 0 Å². The van der Waals surface area contributed by atoms with E-state index in [1.54, 1.807) is 23.1 Å². The van der Waals surface area contributed by atoms with Gasteiger partial charge in [-0.1, -0.05) is 48.4 Å². The summed E-state index contributed by atoms with van der Waals surface area (Å²) >= 11 is 0. The predicted octanol–water partition coefficient (Wildman–Crippen LogP) is 4.04. The van der Waals surface area contributed by atoms with E-state index < -0.39 is 0 Å². The summed E-state index contributed by atoms with van der Waals surface area (Å²) < 4.78 is 6.26. The Hall–Kier alpha value is -3.61. The molecule has 2 aromatic carbocycles. The highest BCUT2D eigenvalue weighted by molar-refractivity contribution is 5.97. The smallest absolute Gasteiger partial charge is 0.289 e. The molecule has 37 heavy (non-hydrogen) atoms. The summed E-state index contributed by atoms with van der Waals surface area (Å²) in [7, 11) is 0. The van der Waals surface area contributed by atoms with Gasteiger partial charge in [-0.3, -0.25) is 14.4 Å². The summed E-state index contributed by atoms with van der Waals surface area (Å²) in [6.07, 6.45) is 7.13. The molecule has 2 saturated heterocycles. The van der Waals surface area contributed by atoms with E-state index in [9.17, 15) is 14.4 Å². The van der Waals surface area contributed by atoms with Crippen molar-refractivity contribution in [3.8, 4) is 0 Å². The largest absolute Gasteiger partial charge is 0.482 e. The highest BCUT2D eigenvalue weighted by atomic mass is 16.5. The number of carbonyl (C=O) groups is 3. The molecule has 7 nitrogen and oxygen atoms in total. The van der Waals surface area contributed by atoms with E-state index in [1.807, 2.05) is 23.1 Å². The van der Waals surface area contributed by atoms with Crippen molar-refractivity contribution >= 4 is 23.8 Å². The number of carbonyl (C=O) groups excluding carboxylic acids is 3. The lowest BCUT2D eigenvalue weighted by Crippen LogP contribution is -2.54. The summed E-state index contributed by atoms with van der Waals surface area (Å²) in [6, 6.07) is 15.7. The van der Waals surface area contributed by atoms with E-state index in [1.165, 1.54) is 5.56 Å². The molecule has 194 valence electrons. The number of benzene rings is 2. The van der Waals surface area contributed by atoms with Crippen LogP contribution in [-0.2, 0) is 20.9 Å². The molecule has 1 saturated carbocycles. The van der Waals surface area contributed by atoms with Crippen molar-refractivity contribution in [3.05, 3.63) is 76.5 Å². The van der Waals surface area contributed by atoms with Gasteiger partial charge in [0.2, 0.25) is 5.91 Å². The Morgan fingerprint density at radius 2 is 1.76 bits per heavy atom. The highest BCUT2D eigenvalue weighted by Crippen LogP contribution is 2.34. The zero-order chi connectivity index (χ0) is 25.9. The van der Waals surface area contributed by atoms with Crippen LogP contribution in [0.2, 0.25) is 0 Å². The van der Waals surface area contributed by atoms with Crippen LogP contribution in [-0.4, -0.2) is 52.8 Å². The first kappa shape index (κ1) is 25.1. The van der Waals surface area contributed by atoms with Crippen LogP contribution in [0, 0.1) is 12.8 Å². The molecule has 0 spiro atoms. The molecule has 2 aliphatic heterocycles. The van der Waals surface area contributed by atoms with E-state index in [2.05, 4.69) is 25.1 Å². The molecular formula is C30H35N3O4. The molecule has 3 amide bonds. The van der Waals surface area contributed by atoms with E-state index in [4.69, 9.17) is 10.5 Å². The van der Waals surface area contributed by atoms with Crippen molar-refractivity contribution in [3.63, 3.8) is 0 Å². The Morgan fingerprint density at radius 3 is 2.46 bits per heavy atom. The molecule has 3 aliphatic rings. The van der Waals surface area contributed by atoms with Gasteiger partial charge in [-0.05, 0) is 68.4 Å². The number of morpholine rings is 1. The van der Waals surface area contributed by atoms with Gasteiger partial charge in [-0.2, -0.15) is 0 Å². The number of nitrogens with zero attached hydrogens (tertiary/aromatic N) is 2. The topological polar surface area (TPSA) is 92.9 Å². The second-order valence-corrected chi connectivity index (χ2v) is 10.5. The first-order valence-corrected chi connectivity index (χ1v) is 13.3. The molecule has 0 radical (unpaired) electrons. The van der Waals surface area contributed by atoms with Crippen LogP contribution in [0.15, 0.2) is 54.3 Å². The van der Waals surface area contributed by atoms with Gasteiger partial charge < -0.3 is 20.3 Å². The zero-order valence-corrected chi connectivity index (χ0v) is 21.4.